The molecule has 0 bridgehead atoms. The molecule has 1 aliphatic rings. The number of aryl methyl sites for hydroxylation is 2. The molecule has 0 amide bonds. The van der Waals surface area contributed by atoms with Crippen molar-refractivity contribution >= 4 is 35.4 Å². The van der Waals surface area contributed by atoms with Gasteiger partial charge in [-0.3, -0.25) is 10.8 Å². The number of anilines is 1. The van der Waals surface area contributed by atoms with Crippen molar-refractivity contribution in [3.8, 4) is 0 Å². The number of aliphatic imine (C=N–C) groups is 1. The molecular formula is C11H18ClN3S. The average molecular weight is 260 g/mol. The molecule has 3 N–H and O–H groups in total. The number of para-hydroxylation sites is 1. The van der Waals surface area contributed by atoms with E-state index in [0.29, 0.717) is 0 Å². The van der Waals surface area contributed by atoms with Crippen molar-refractivity contribution in [2.75, 3.05) is 17.7 Å². The van der Waals surface area contributed by atoms with E-state index in [1.165, 1.54) is 16.9 Å². The first-order valence-electron chi connectivity index (χ1n) is 4.88. The number of hydrogen-bond donors (Lipinski definition) is 2. The molecule has 1 heterocycles. The summed E-state index contributed by atoms with van der Waals surface area (Å²) in [7, 11) is 0. The molecule has 0 aliphatic carbocycles. The molecule has 0 saturated heterocycles. The molecule has 0 saturated carbocycles. The second-order valence-electron chi connectivity index (χ2n) is 3.29. The molecule has 0 radical (unpaired) electrons. The largest absolute Gasteiger partial charge is 0.324 e. The molecule has 0 spiro atoms. The third kappa shape index (κ3) is 4.88. The fraction of sp³-hybridized carbons (Fsp3) is 0.364. The molecule has 1 aromatic carbocycles. The summed E-state index contributed by atoms with van der Waals surface area (Å²) in [6.45, 7) is 5.09. The average Bonchev–Trinajstić information content (AvgIpc) is 2.76. The zero-order valence-corrected chi connectivity index (χ0v) is 11.2. The van der Waals surface area contributed by atoms with Crippen LogP contribution in [-0.2, 0) is 0 Å². The number of rotatable bonds is 1. The summed E-state index contributed by atoms with van der Waals surface area (Å²) in [6, 6.07) is 6.08. The highest BCUT2D eigenvalue weighted by Crippen LogP contribution is 2.17. The molecule has 90 valence electrons. The first-order valence-corrected chi connectivity index (χ1v) is 5.93. The Morgan fingerprint density at radius 2 is 1.94 bits per heavy atom. The van der Waals surface area contributed by atoms with E-state index < -0.39 is 0 Å². The van der Waals surface area contributed by atoms with Gasteiger partial charge in [-0.25, -0.2) is 0 Å². The minimum atomic E-state index is 0. The van der Waals surface area contributed by atoms with E-state index in [2.05, 4.69) is 10.4 Å². The Morgan fingerprint density at radius 1 is 1.31 bits per heavy atom. The van der Waals surface area contributed by atoms with Crippen molar-refractivity contribution in [1.29, 1.82) is 0 Å². The van der Waals surface area contributed by atoms with Gasteiger partial charge in [0.15, 0.2) is 0 Å². The number of halogens is 1. The van der Waals surface area contributed by atoms with Crippen LogP contribution in [0.1, 0.15) is 11.1 Å². The van der Waals surface area contributed by atoms with Gasteiger partial charge in [-0.1, -0.05) is 18.2 Å². The number of thioether (sulfide) groups is 1. The second-order valence-corrected chi connectivity index (χ2v) is 4.25. The van der Waals surface area contributed by atoms with Crippen molar-refractivity contribution in [1.82, 2.24) is 0 Å². The van der Waals surface area contributed by atoms with E-state index in [-0.39, 0.29) is 12.4 Å². The van der Waals surface area contributed by atoms with Crippen molar-refractivity contribution in [3.05, 3.63) is 29.3 Å². The number of nitrogens with zero attached hydrogens (tertiary/aromatic N) is 1. The minimum Gasteiger partial charge on any atom is -0.324 e. The quantitative estimate of drug-likeness (QED) is 0.602. The highest BCUT2D eigenvalue weighted by Gasteiger charge is 1.96. The number of nitrogen functional groups attached to an aromatic ring is 1. The minimum absolute atomic E-state index is 0. The lowest BCUT2D eigenvalue weighted by Crippen LogP contribution is -2.09. The Balaban J connectivity index is 0.000000318. The summed E-state index contributed by atoms with van der Waals surface area (Å²) in [5, 5.41) is 0. The van der Waals surface area contributed by atoms with Crippen LogP contribution in [0.3, 0.4) is 0 Å². The van der Waals surface area contributed by atoms with E-state index >= 15 is 0 Å². The molecule has 0 fully saturated rings. The number of nitrogens with two attached hydrogens (primary N) is 1. The van der Waals surface area contributed by atoms with Gasteiger partial charge < -0.3 is 5.43 Å². The van der Waals surface area contributed by atoms with Crippen molar-refractivity contribution < 1.29 is 0 Å². The van der Waals surface area contributed by atoms with E-state index in [1.807, 2.05) is 37.6 Å². The topological polar surface area (TPSA) is 50.4 Å². The molecule has 0 atom stereocenters. The highest BCUT2D eigenvalue weighted by molar-refractivity contribution is 8.12. The van der Waals surface area contributed by atoms with E-state index in [0.717, 1.165) is 12.2 Å². The van der Waals surface area contributed by atoms with Gasteiger partial charge in [0.05, 0.1) is 11.2 Å². The SMILES string of the molecule is C1=NCCS1.Cc1cccc(C)c1NN.Cl. The first kappa shape index (κ1) is 15.3. The highest BCUT2D eigenvalue weighted by atomic mass is 35.5. The summed E-state index contributed by atoms with van der Waals surface area (Å²) in [5.74, 6) is 6.50. The molecule has 0 unspecified atom stereocenters. The Morgan fingerprint density at radius 3 is 2.19 bits per heavy atom. The van der Waals surface area contributed by atoms with E-state index in [9.17, 15) is 0 Å². The third-order valence-electron chi connectivity index (χ3n) is 2.11. The van der Waals surface area contributed by atoms with Crippen molar-refractivity contribution in [2.45, 2.75) is 13.8 Å². The van der Waals surface area contributed by atoms with E-state index in [4.69, 9.17) is 5.84 Å². The van der Waals surface area contributed by atoms with Crippen LogP contribution in [0, 0.1) is 13.8 Å². The standard InChI is InChI=1S/C8H12N2.C3H5NS.ClH/c1-6-4-3-5-7(2)8(6)10-9;1-2-5-3-4-1;/h3-5,10H,9H2,1-2H3;3H,1-2H2;1H. The molecule has 3 nitrogen and oxygen atoms in total. The maximum atomic E-state index is 5.30. The summed E-state index contributed by atoms with van der Waals surface area (Å²) in [6.07, 6.45) is 0. The van der Waals surface area contributed by atoms with Crippen molar-refractivity contribution in [2.24, 2.45) is 10.8 Å². The van der Waals surface area contributed by atoms with Gasteiger partial charge in [0.25, 0.3) is 0 Å². The summed E-state index contributed by atoms with van der Waals surface area (Å²) in [5.41, 5.74) is 7.96. The van der Waals surface area contributed by atoms with Gasteiger partial charge in [0, 0.05) is 12.3 Å². The number of hydrazine groups is 1. The van der Waals surface area contributed by atoms with Crippen LogP contribution in [0.2, 0.25) is 0 Å². The van der Waals surface area contributed by atoms with Crippen LogP contribution in [0.25, 0.3) is 0 Å². The Hall–Kier alpha value is -0.710. The fourth-order valence-corrected chi connectivity index (χ4v) is 1.83. The predicted octanol–water partition coefficient (Wildman–Crippen LogP) is 2.77. The van der Waals surface area contributed by atoms with Crippen LogP contribution < -0.4 is 11.3 Å². The molecule has 5 heteroatoms. The Kier molecular flexibility index (Phi) is 8.07. The fourth-order valence-electron chi connectivity index (χ4n) is 1.31. The number of nitrogens with one attached hydrogen (secondary N) is 1. The zero-order chi connectivity index (χ0) is 11.1. The van der Waals surface area contributed by atoms with E-state index in [1.54, 1.807) is 11.8 Å². The third-order valence-corrected chi connectivity index (χ3v) is 2.83. The second kappa shape index (κ2) is 8.44. The van der Waals surface area contributed by atoms with Crippen LogP contribution in [0.4, 0.5) is 5.69 Å². The molecular weight excluding hydrogens is 242 g/mol. The lowest BCUT2D eigenvalue weighted by Gasteiger charge is -2.06. The lowest BCUT2D eigenvalue weighted by molar-refractivity contribution is 1.18. The molecule has 16 heavy (non-hydrogen) atoms. The van der Waals surface area contributed by atoms with Crippen LogP contribution in [0.15, 0.2) is 23.2 Å². The first-order chi connectivity index (χ1) is 7.25. The Labute approximate surface area is 107 Å². The van der Waals surface area contributed by atoms with Gasteiger partial charge in [-0.05, 0) is 25.0 Å². The normalized spacial score (nSPS) is 12.4. The van der Waals surface area contributed by atoms with Crippen LogP contribution in [-0.4, -0.2) is 17.8 Å². The summed E-state index contributed by atoms with van der Waals surface area (Å²) in [4.78, 5) is 3.92. The lowest BCUT2D eigenvalue weighted by atomic mass is 10.1. The van der Waals surface area contributed by atoms with Crippen LogP contribution >= 0.6 is 24.2 Å². The van der Waals surface area contributed by atoms with Crippen LogP contribution in [0.5, 0.6) is 0 Å². The summed E-state index contributed by atoms with van der Waals surface area (Å²) >= 11 is 1.78. The number of benzene rings is 1. The smallest absolute Gasteiger partial charge is 0.0543 e. The maximum absolute atomic E-state index is 5.30. The predicted molar refractivity (Wildman–Crippen MR) is 76.8 cm³/mol. The van der Waals surface area contributed by atoms with Gasteiger partial charge in [-0.15, -0.1) is 24.2 Å². The maximum Gasteiger partial charge on any atom is 0.0543 e. The van der Waals surface area contributed by atoms with Gasteiger partial charge in [-0.2, -0.15) is 0 Å². The molecule has 0 aromatic heterocycles. The molecule has 2 rings (SSSR count). The number of hydrogen-bond acceptors (Lipinski definition) is 4. The van der Waals surface area contributed by atoms with Crippen molar-refractivity contribution in [3.63, 3.8) is 0 Å². The summed E-state index contributed by atoms with van der Waals surface area (Å²) < 4.78 is 0. The molecule has 1 aromatic rings. The van der Waals surface area contributed by atoms with Gasteiger partial charge in [0.2, 0.25) is 0 Å². The Bertz CT molecular complexity index is 316. The monoisotopic (exact) mass is 259 g/mol. The zero-order valence-electron chi connectivity index (χ0n) is 9.56. The van der Waals surface area contributed by atoms with Gasteiger partial charge >= 0.3 is 0 Å². The van der Waals surface area contributed by atoms with Gasteiger partial charge in [0.1, 0.15) is 0 Å². The molecule has 1 aliphatic heterocycles.